The third-order valence-corrected chi connectivity index (χ3v) is 3.50. The summed E-state index contributed by atoms with van der Waals surface area (Å²) in [6.07, 6.45) is 3.60. The SMILES string of the molecule is CNCC(CCC(C)(C)C)Cc1ccccc1OC. The van der Waals surface area contributed by atoms with Crippen molar-refractivity contribution in [3.05, 3.63) is 29.8 Å². The average molecular weight is 263 g/mol. The molecule has 0 radical (unpaired) electrons. The minimum atomic E-state index is 0.409. The van der Waals surface area contributed by atoms with Gasteiger partial charge in [0.2, 0.25) is 0 Å². The van der Waals surface area contributed by atoms with Gasteiger partial charge >= 0.3 is 0 Å². The molecular weight excluding hydrogens is 234 g/mol. The molecule has 1 rings (SSSR count). The highest BCUT2D eigenvalue weighted by Gasteiger charge is 2.16. The number of hydrogen-bond donors (Lipinski definition) is 1. The van der Waals surface area contributed by atoms with Gasteiger partial charge in [0, 0.05) is 0 Å². The molecule has 0 aliphatic carbocycles. The van der Waals surface area contributed by atoms with Gasteiger partial charge in [-0.15, -0.1) is 0 Å². The minimum Gasteiger partial charge on any atom is -0.496 e. The molecule has 0 aromatic heterocycles. The van der Waals surface area contributed by atoms with Crippen LogP contribution in [0, 0.1) is 11.3 Å². The van der Waals surface area contributed by atoms with Crippen molar-refractivity contribution in [1.29, 1.82) is 0 Å². The van der Waals surface area contributed by atoms with Crippen LogP contribution in [0.1, 0.15) is 39.2 Å². The summed E-state index contributed by atoms with van der Waals surface area (Å²) in [5.74, 6) is 1.68. The van der Waals surface area contributed by atoms with Crippen LogP contribution in [0.5, 0.6) is 5.75 Å². The molecule has 1 N–H and O–H groups in total. The fraction of sp³-hybridized carbons (Fsp3) is 0.647. The molecule has 1 aromatic rings. The van der Waals surface area contributed by atoms with Crippen LogP contribution in [0.3, 0.4) is 0 Å². The quantitative estimate of drug-likeness (QED) is 0.805. The molecule has 2 nitrogen and oxygen atoms in total. The molecule has 0 aliphatic heterocycles. The minimum absolute atomic E-state index is 0.409. The van der Waals surface area contributed by atoms with Crippen molar-refractivity contribution in [2.75, 3.05) is 20.7 Å². The van der Waals surface area contributed by atoms with Gasteiger partial charge in [0.05, 0.1) is 7.11 Å². The normalized spacial score (nSPS) is 13.3. The van der Waals surface area contributed by atoms with Crippen LogP contribution in [-0.4, -0.2) is 20.7 Å². The number of methoxy groups -OCH3 is 1. The molecule has 108 valence electrons. The van der Waals surface area contributed by atoms with E-state index in [1.54, 1.807) is 7.11 Å². The van der Waals surface area contributed by atoms with Crippen LogP contribution in [0.25, 0.3) is 0 Å². The van der Waals surface area contributed by atoms with Crippen LogP contribution in [-0.2, 0) is 6.42 Å². The molecule has 0 aliphatic rings. The molecule has 0 fully saturated rings. The predicted octanol–water partition coefficient (Wildman–Crippen LogP) is 3.90. The Morgan fingerprint density at radius 3 is 2.47 bits per heavy atom. The molecule has 2 heteroatoms. The molecule has 19 heavy (non-hydrogen) atoms. The second kappa shape index (κ2) is 7.54. The summed E-state index contributed by atoms with van der Waals surface area (Å²) in [6, 6.07) is 8.36. The van der Waals surface area contributed by atoms with E-state index in [1.165, 1.54) is 18.4 Å². The van der Waals surface area contributed by atoms with Gasteiger partial charge in [-0.2, -0.15) is 0 Å². The van der Waals surface area contributed by atoms with Gasteiger partial charge < -0.3 is 10.1 Å². The lowest BCUT2D eigenvalue weighted by Crippen LogP contribution is -2.22. The number of para-hydroxylation sites is 1. The molecule has 1 atom stereocenters. The molecule has 0 spiro atoms. The van der Waals surface area contributed by atoms with Crippen LogP contribution >= 0.6 is 0 Å². The molecular formula is C17H29NO. The van der Waals surface area contributed by atoms with Crippen LogP contribution in [0.4, 0.5) is 0 Å². The van der Waals surface area contributed by atoms with E-state index in [0.29, 0.717) is 11.3 Å². The van der Waals surface area contributed by atoms with Crippen LogP contribution in [0.15, 0.2) is 24.3 Å². The first-order chi connectivity index (χ1) is 8.96. The molecule has 0 bridgehead atoms. The first kappa shape index (κ1) is 16.0. The van der Waals surface area contributed by atoms with Gasteiger partial charge in [-0.05, 0) is 55.8 Å². The summed E-state index contributed by atoms with van der Waals surface area (Å²) < 4.78 is 5.45. The van der Waals surface area contributed by atoms with Crippen molar-refractivity contribution in [2.45, 2.75) is 40.0 Å². The zero-order valence-corrected chi connectivity index (χ0v) is 13.1. The lowest BCUT2D eigenvalue weighted by molar-refractivity contribution is 0.314. The highest BCUT2D eigenvalue weighted by molar-refractivity contribution is 5.33. The highest BCUT2D eigenvalue weighted by atomic mass is 16.5. The number of benzene rings is 1. The van der Waals surface area contributed by atoms with Gasteiger partial charge in [-0.1, -0.05) is 39.0 Å². The van der Waals surface area contributed by atoms with Gasteiger partial charge in [0.15, 0.2) is 0 Å². The summed E-state index contributed by atoms with van der Waals surface area (Å²) in [6.45, 7) is 8.00. The van der Waals surface area contributed by atoms with Crippen molar-refractivity contribution >= 4 is 0 Å². The maximum atomic E-state index is 5.45. The summed E-state index contributed by atoms with van der Waals surface area (Å²) in [5.41, 5.74) is 1.73. The third kappa shape index (κ3) is 6.11. The fourth-order valence-corrected chi connectivity index (χ4v) is 2.38. The van der Waals surface area contributed by atoms with Crippen molar-refractivity contribution in [3.8, 4) is 5.75 Å². The second-order valence-electron chi connectivity index (χ2n) is 6.54. The zero-order valence-electron chi connectivity index (χ0n) is 13.1. The maximum absolute atomic E-state index is 5.45. The zero-order chi connectivity index (χ0) is 14.3. The Kier molecular flexibility index (Phi) is 6.36. The monoisotopic (exact) mass is 263 g/mol. The van der Waals surface area contributed by atoms with E-state index in [4.69, 9.17) is 4.74 Å². The molecule has 0 amide bonds. The number of hydrogen-bond acceptors (Lipinski definition) is 2. The smallest absolute Gasteiger partial charge is 0.122 e. The molecule has 0 saturated carbocycles. The van der Waals surface area contributed by atoms with E-state index in [9.17, 15) is 0 Å². The number of nitrogens with one attached hydrogen (secondary N) is 1. The van der Waals surface area contributed by atoms with Gasteiger partial charge in [-0.25, -0.2) is 0 Å². The van der Waals surface area contributed by atoms with Crippen LogP contribution < -0.4 is 10.1 Å². The van der Waals surface area contributed by atoms with E-state index < -0.39 is 0 Å². The Balaban J connectivity index is 2.66. The Labute approximate surface area is 118 Å². The van der Waals surface area contributed by atoms with E-state index in [0.717, 1.165) is 18.7 Å². The predicted molar refractivity (Wildman–Crippen MR) is 82.8 cm³/mol. The standard InChI is InChI=1S/C17H29NO/c1-17(2,3)11-10-14(13-18-4)12-15-8-6-7-9-16(15)19-5/h6-9,14,18H,10-13H2,1-5H3. The van der Waals surface area contributed by atoms with Gasteiger partial charge in [0.1, 0.15) is 5.75 Å². The Hall–Kier alpha value is -1.02. The first-order valence-corrected chi connectivity index (χ1v) is 7.23. The van der Waals surface area contributed by atoms with Gasteiger partial charge in [-0.3, -0.25) is 0 Å². The summed E-state index contributed by atoms with van der Waals surface area (Å²) in [5, 5.41) is 3.32. The average Bonchev–Trinajstić information content (AvgIpc) is 2.36. The molecule has 1 unspecified atom stereocenters. The van der Waals surface area contributed by atoms with E-state index in [1.807, 2.05) is 13.1 Å². The van der Waals surface area contributed by atoms with Crippen molar-refractivity contribution < 1.29 is 4.74 Å². The fourth-order valence-electron chi connectivity index (χ4n) is 2.38. The lowest BCUT2D eigenvalue weighted by atomic mass is 9.84. The second-order valence-corrected chi connectivity index (χ2v) is 6.54. The molecule has 0 heterocycles. The topological polar surface area (TPSA) is 21.3 Å². The summed E-state index contributed by atoms with van der Waals surface area (Å²) >= 11 is 0. The highest BCUT2D eigenvalue weighted by Crippen LogP contribution is 2.27. The van der Waals surface area contributed by atoms with E-state index in [2.05, 4.69) is 44.3 Å². The van der Waals surface area contributed by atoms with E-state index in [-0.39, 0.29) is 0 Å². The largest absolute Gasteiger partial charge is 0.496 e. The van der Waals surface area contributed by atoms with Crippen LogP contribution in [0.2, 0.25) is 0 Å². The molecule has 1 aromatic carbocycles. The lowest BCUT2D eigenvalue weighted by Gasteiger charge is -2.23. The van der Waals surface area contributed by atoms with Gasteiger partial charge in [0.25, 0.3) is 0 Å². The number of rotatable bonds is 7. The Morgan fingerprint density at radius 1 is 1.21 bits per heavy atom. The molecule has 0 saturated heterocycles. The summed E-state index contributed by atoms with van der Waals surface area (Å²) in [7, 11) is 3.79. The first-order valence-electron chi connectivity index (χ1n) is 7.23. The summed E-state index contributed by atoms with van der Waals surface area (Å²) in [4.78, 5) is 0. The van der Waals surface area contributed by atoms with Crippen molar-refractivity contribution in [3.63, 3.8) is 0 Å². The maximum Gasteiger partial charge on any atom is 0.122 e. The van der Waals surface area contributed by atoms with E-state index >= 15 is 0 Å². The van der Waals surface area contributed by atoms with Crippen molar-refractivity contribution in [1.82, 2.24) is 5.32 Å². The Bertz CT molecular complexity index is 368. The third-order valence-electron chi connectivity index (χ3n) is 3.50. The Morgan fingerprint density at radius 2 is 1.89 bits per heavy atom. The van der Waals surface area contributed by atoms with Crippen molar-refractivity contribution in [2.24, 2.45) is 11.3 Å². The number of ether oxygens (including phenoxy) is 1.